The zero-order chi connectivity index (χ0) is 18.7. The Balaban J connectivity index is 2.48. The number of benzene rings is 1. The molecule has 1 N–H and O–H groups in total. The number of carbonyl (C=O) groups excluding carboxylic acids is 2. The standard InChI is InChI=1S/C20H28N2O3/c1-13(2)12-16(23)17-18(15-9-7-6-8-14(15)3)22(11-10-21(4)5)20(25)19(17)24/h6-9,13,18,24H,10-12H2,1-5H3. The van der Waals surface area contributed by atoms with E-state index in [0.717, 1.165) is 11.1 Å². The van der Waals surface area contributed by atoms with Gasteiger partial charge < -0.3 is 14.9 Å². The highest BCUT2D eigenvalue weighted by Gasteiger charge is 2.43. The molecule has 25 heavy (non-hydrogen) atoms. The largest absolute Gasteiger partial charge is 0.503 e. The molecule has 1 aliphatic heterocycles. The number of hydrogen-bond donors (Lipinski definition) is 1. The summed E-state index contributed by atoms with van der Waals surface area (Å²) < 4.78 is 0. The first kappa shape index (κ1) is 19.2. The Kier molecular flexibility index (Phi) is 6.01. The van der Waals surface area contributed by atoms with E-state index in [0.29, 0.717) is 19.5 Å². The Morgan fingerprint density at radius 3 is 2.48 bits per heavy atom. The van der Waals surface area contributed by atoms with Crippen LogP contribution in [-0.2, 0) is 9.59 Å². The highest BCUT2D eigenvalue weighted by Crippen LogP contribution is 2.39. The molecule has 1 aromatic rings. The lowest BCUT2D eigenvalue weighted by atomic mass is 9.90. The molecule has 5 nitrogen and oxygen atoms in total. The fourth-order valence-electron chi connectivity index (χ4n) is 3.17. The molecule has 1 aromatic carbocycles. The molecule has 1 atom stereocenters. The average Bonchev–Trinajstić information content (AvgIpc) is 2.76. The fourth-order valence-corrected chi connectivity index (χ4v) is 3.17. The Morgan fingerprint density at radius 1 is 1.28 bits per heavy atom. The van der Waals surface area contributed by atoms with E-state index in [4.69, 9.17) is 0 Å². The molecule has 136 valence electrons. The maximum Gasteiger partial charge on any atom is 0.290 e. The summed E-state index contributed by atoms with van der Waals surface area (Å²) in [5.41, 5.74) is 2.14. The van der Waals surface area contributed by atoms with Crippen LogP contribution in [0.4, 0.5) is 0 Å². The Hall–Kier alpha value is -2.14. The third kappa shape index (κ3) is 4.10. The summed E-state index contributed by atoms with van der Waals surface area (Å²) in [5, 5.41) is 10.5. The highest BCUT2D eigenvalue weighted by molar-refractivity contribution is 6.09. The average molecular weight is 344 g/mol. The molecule has 0 saturated carbocycles. The Morgan fingerprint density at radius 2 is 1.92 bits per heavy atom. The van der Waals surface area contributed by atoms with Gasteiger partial charge in [0, 0.05) is 19.5 Å². The van der Waals surface area contributed by atoms with E-state index in [1.54, 1.807) is 4.90 Å². The number of nitrogens with zero attached hydrogens (tertiary/aromatic N) is 2. The predicted octanol–water partition coefficient (Wildman–Crippen LogP) is 2.87. The number of likely N-dealkylation sites (N-methyl/N-ethyl adjacent to an activating group) is 1. The molecule has 1 aliphatic rings. The summed E-state index contributed by atoms with van der Waals surface area (Å²) in [4.78, 5) is 29.0. The topological polar surface area (TPSA) is 60.9 Å². The molecule has 2 rings (SSSR count). The van der Waals surface area contributed by atoms with Gasteiger partial charge in [-0.3, -0.25) is 9.59 Å². The molecule has 1 amide bonds. The lowest BCUT2D eigenvalue weighted by Crippen LogP contribution is -2.37. The minimum atomic E-state index is -0.514. The van der Waals surface area contributed by atoms with Gasteiger partial charge in [0.1, 0.15) is 0 Å². The van der Waals surface area contributed by atoms with Crippen molar-refractivity contribution >= 4 is 11.7 Å². The van der Waals surface area contributed by atoms with E-state index in [9.17, 15) is 14.7 Å². The van der Waals surface area contributed by atoms with Gasteiger partial charge in [-0.25, -0.2) is 0 Å². The zero-order valence-corrected chi connectivity index (χ0v) is 15.7. The van der Waals surface area contributed by atoms with Gasteiger partial charge in [-0.05, 0) is 38.1 Å². The van der Waals surface area contributed by atoms with Crippen molar-refractivity contribution < 1.29 is 14.7 Å². The van der Waals surface area contributed by atoms with Crippen molar-refractivity contribution in [3.8, 4) is 0 Å². The quantitative estimate of drug-likeness (QED) is 0.826. The van der Waals surface area contributed by atoms with Gasteiger partial charge in [-0.15, -0.1) is 0 Å². The smallest absolute Gasteiger partial charge is 0.290 e. The normalized spacial score (nSPS) is 18.0. The van der Waals surface area contributed by atoms with Crippen LogP contribution in [0.3, 0.4) is 0 Å². The SMILES string of the molecule is Cc1ccccc1C1C(C(=O)CC(C)C)=C(O)C(=O)N1CCN(C)C. The monoisotopic (exact) mass is 344 g/mol. The van der Waals surface area contributed by atoms with Gasteiger partial charge in [0.15, 0.2) is 11.5 Å². The number of aliphatic hydroxyl groups excluding tert-OH is 1. The van der Waals surface area contributed by atoms with Crippen molar-refractivity contribution in [2.45, 2.75) is 33.2 Å². The van der Waals surface area contributed by atoms with E-state index < -0.39 is 17.7 Å². The minimum Gasteiger partial charge on any atom is -0.503 e. The van der Waals surface area contributed by atoms with Gasteiger partial charge in [-0.2, -0.15) is 0 Å². The van der Waals surface area contributed by atoms with Gasteiger partial charge >= 0.3 is 0 Å². The number of aliphatic hydroxyl groups is 1. The summed E-state index contributed by atoms with van der Waals surface area (Å²) in [5.74, 6) is -0.836. The first-order chi connectivity index (χ1) is 11.7. The van der Waals surface area contributed by atoms with Crippen molar-refractivity contribution in [1.82, 2.24) is 9.80 Å². The van der Waals surface area contributed by atoms with E-state index >= 15 is 0 Å². The van der Waals surface area contributed by atoms with Crippen LogP contribution in [-0.4, -0.2) is 53.8 Å². The lowest BCUT2D eigenvalue weighted by Gasteiger charge is -2.29. The highest BCUT2D eigenvalue weighted by atomic mass is 16.3. The van der Waals surface area contributed by atoms with Crippen LogP contribution in [0.15, 0.2) is 35.6 Å². The summed E-state index contributed by atoms with van der Waals surface area (Å²) in [6, 6.07) is 7.21. The van der Waals surface area contributed by atoms with Crippen LogP contribution in [0.5, 0.6) is 0 Å². The number of Topliss-reactive ketones (excluding diaryl/α,β-unsaturated/α-hetero) is 1. The molecule has 0 fully saturated rings. The molecule has 0 spiro atoms. The summed E-state index contributed by atoms with van der Waals surface area (Å²) in [6.45, 7) is 6.99. The lowest BCUT2D eigenvalue weighted by molar-refractivity contribution is -0.129. The van der Waals surface area contributed by atoms with Crippen LogP contribution < -0.4 is 0 Å². The molecular formula is C20H28N2O3. The molecule has 0 aromatic heterocycles. The second kappa shape index (κ2) is 7.83. The minimum absolute atomic E-state index is 0.151. The van der Waals surface area contributed by atoms with Gasteiger partial charge in [0.25, 0.3) is 5.91 Å². The number of hydrogen-bond acceptors (Lipinski definition) is 4. The molecule has 0 bridgehead atoms. The van der Waals surface area contributed by atoms with Crippen molar-refractivity contribution in [3.63, 3.8) is 0 Å². The van der Waals surface area contributed by atoms with Crippen LogP contribution in [0, 0.1) is 12.8 Å². The molecule has 1 heterocycles. The van der Waals surface area contributed by atoms with E-state index in [1.165, 1.54) is 0 Å². The Labute approximate surface area is 149 Å². The van der Waals surface area contributed by atoms with E-state index in [-0.39, 0.29) is 17.3 Å². The molecule has 5 heteroatoms. The van der Waals surface area contributed by atoms with Crippen molar-refractivity contribution in [2.24, 2.45) is 5.92 Å². The van der Waals surface area contributed by atoms with Crippen LogP contribution in [0.1, 0.15) is 37.4 Å². The maximum atomic E-state index is 12.8. The molecule has 0 radical (unpaired) electrons. The summed E-state index contributed by atoms with van der Waals surface area (Å²) >= 11 is 0. The number of rotatable bonds is 7. The van der Waals surface area contributed by atoms with E-state index in [2.05, 4.69) is 0 Å². The molecule has 0 saturated heterocycles. The first-order valence-electron chi connectivity index (χ1n) is 8.71. The van der Waals surface area contributed by atoms with Crippen molar-refractivity contribution in [1.29, 1.82) is 0 Å². The fraction of sp³-hybridized carbons (Fsp3) is 0.500. The van der Waals surface area contributed by atoms with Crippen molar-refractivity contribution in [3.05, 3.63) is 46.7 Å². The van der Waals surface area contributed by atoms with Gasteiger partial charge in [0.2, 0.25) is 0 Å². The van der Waals surface area contributed by atoms with Crippen LogP contribution in [0.25, 0.3) is 0 Å². The summed E-state index contributed by atoms with van der Waals surface area (Å²) in [7, 11) is 3.86. The number of amides is 1. The number of ketones is 1. The van der Waals surface area contributed by atoms with E-state index in [1.807, 2.05) is 64.0 Å². The van der Waals surface area contributed by atoms with Gasteiger partial charge in [-0.1, -0.05) is 38.1 Å². The zero-order valence-electron chi connectivity index (χ0n) is 15.7. The summed E-state index contributed by atoms with van der Waals surface area (Å²) in [6.07, 6.45) is 0.316. The van der Waals surface area contributed by atoms with Crippen molar-refractivity contribution in [2.75, 3.05) is 27.2 Å². The molecule has 1 unspecified atom stereocenters. The van der Waals surface area contributed by atoms with Crippen LogP contribution in [0.2, 0.25) is 0 Å². The maximum absolute atomic E-state index is 12.8. The first-order valence-corrected chi connectivity index (χ1v) is 8.71. The second-order valence-electron chi connectivity index (χ2n) is 7.34. The number of aryl methyl sites for hydroxylation is 1. The molecule has 0 aliphatic carbocycles. The second-order valence-corrected chi connectivity index (χ2v) is 7.34. The molecular weight excluding hydrogens is 316 g/mol. The van der Waals surface area contributed by atoms with Gasteiger partial charge in [0.05, 0.1) is 11.6 Å². The third-order valence-corrected chi connectivity index (χ3v) is 4.47. The predicted molar refractivity (Wildman–Crippen MR) is 98.3 cm³/mol. The Bertz CT molecular complexity index is 692. The number of carbonyl (C=O) groups is 2. The van der Waals surface area contributed by atoms with Crippen LogP contribution >= 0.6 is 0 Å². The third-order valence-electron chi connectivity index (χ3n) is 4.47.